The Kier molecular flexibility index (Phi) is 5.82. The molecule has 2 rings (SSSR count). The fraction of sp³-hybridized carbons (Fsp3) is 0.812. The number of aromatic nitrogens is 1. The van der Waals surface area contributed by atoms with E-state index in [1.54, 1.807) is 11.3 Å². The number of rotatable bonds is 6. The van der Waals surface area contributed by atoms with Gasteiger partial charge in [-0.25, -0.2) is 4.98 Å². The smallest absolute Gasteiger partial charge is 0.192 e. The van der Waals surface area contributed by atoms with Gasteiger partial charge in [0.05, 0.1) is 18.8 Å². The molecule has 0 saturated carbocycles. The van der Waals surface area contributed by atoms with E-state index in [2.05, 4.69) is 43.7 Å². The first kappa shape index (κ1) is 18.1. The standard InChI is InChI=1S/C16H30N2O2SSi/c1-16(2,3)22(4,5)20-11-14-7-6-8-18(14)9-15-17-13(10-19)12-21-15/h12,14,19H,6-11H2,1-5H3/t14-/m1/s1. The van der Waals surface area contributed by atoms with Crippen LogP contribution in [-0.4, -0.2) is 42.5 Å². The van der Waals surface area contributed by atoms with Gasteiger partial charge in [-0.1, -0.05) is 20.8 Å². The van der Waals surface area contributed by atoms with E-state index < -0.39 is 8.32 Å². The van der Waals surface area contributed by atoms with Gasteiger partial charge in [-0.15, -0.1) is 11.3 Å². The molecule has 1 N–H and O–H groups in total. The van der Waals surface area contributed by atoms with Crippen molar-refractivity contribution in [3.05, 3.63) is 16.1 Å². The maximum absolute atomic E-state index is 9.13. The number of thiazole rings is 1. The van der Waals surface area contributed by atoms with Crippen LogP contribution in [0.3, 0.4) is 0 Å². The van der Waals surface area contributed by atoms with Gasteiger partial charge < -0.3 is 9.53 Å². The number of hydrogen-bond donors (Lipinski definition) is 1. The highest BCUT2D eigenvalue weighted by Crippen LogP contribution is 2.37. The zero-order chi connectivity index (χ0) is 16.4. The van der Waals surface area contributed by atoms with Gasteiger partial charge in [0.2, 0.25) is 0 Å². The second-order valence-electron chi connectivity index (χ2n) is 7.73. The van der Waals surface area contributed by atoms with Crippen molar-refractivity contribution >= 4 is 19.7 Å². The van der Waals surface area contributed by atoms with Crippen molar-refractivity contribution < 1.29 is 9.53 Å². The fourth-order valence-corrected chi connectivity index (χ4v) is 4.33. The minimum atomic E-state index is -1.67. The van der Waals surface area contributed by atoms with Crippen LogP contribution in [0.4, 0.5) is 0 Å². The summed E-state index contributed by atoms with van der Waals surface area (Å²) < 4.78 is 6.41. The third kappa shape index (κ3) is 4.38. The van der Waals surface area contributed by atoms with Gasteiger partial charge in [-0.2, -0.15) is 0 Å². The summed E-state index contributed by atoms with van der Waals surface area (Å²) in [7, 11) is -1.67. The molecule has 0 spiro atoms. The van der Waals surface area contributed by atoms with Crippen molar-refractivity contribution in [2.75, 3.05) is 13.2 Å². The van der Waals surface area contributed by atoms with Crippen LogP contribution in [0.25, 0.3) is 0 Å². The summed E-state index contributed by atoms with van der Waals surface area (Å²) >= 11 is 1.65. The van der Waals surface area contributed by atoms with E-state index in [0.717, 1.165) is 30.4 Å². The van der Waals surface area contributed by atoms with Crippen LogP contribution in [0.2, 0.25) is 18.1 Å². The summed E-state index contributed by atoms with van der Waals surface area (Å²) in [5.74, 6) is 0. The molecule has 1 aliphatic heterocycles. The Morgan fingerprint density at radius 3 is 2.77 bits per heavy atom. The topological polar surface area (TPSA) is 45.6 Å². The minimum Gasteiger partial charge on any atom is -0.415 e. The Morgan fingerprint density at radius 2 is 2.18 bits per heavy atom. The van der Waals surface area contributed by atoms with Crippen LogP contribution >= 0.6 is 11.3 Å². The molecule has 2 heterocycles. The van der Waals surface area contributed by atoms with Crippen molar-refractivity contribution in [3.8, 4) is 0 Å². The maximum Gasteiger partial charge on any atom is 0.192 e. The predicted octanol–water partition coefficient (Wildman–Crippen LogP) is 3.62. The molecule has 1 aromatic rings. The average molecular weight is 343 g/mol. The summed E-state index contributed by atoms with van der Waals surface area (Å²) in [6.45, 7) is 14.4. The van der Waals surface area contributed by atoms with Crippen molar-refractivity contribution in [2.45, 2.75) is 70.9 Å². The summed E-state index contributed by atoms with van der Waals surface area (Å²) in [6.07, 6.45) is 2.45. The second-order valence-corrected chi connectivity index (χ2v) is 13.5. The Hall–Kier alpha value is -0.273. The van der Waals surface area contributed by atoms with Gasteiger partial charge in [0.25, 0.3) is 0 Å². The van der Waals surface area contributed by atoms with Gasteiger partial charge in [-0.05, 0) is 37.5 Å². The molecule has 0 unspecified atom stereocenters. The Labute approximate surface area is 139 Å². The molecule has 1 atom stereocenters. The van der Waals surface area contributed by atoms with Crippen molar-refractivity contribution in [1.82, 2.24) is 9.88 Å². The molecule has 22 heavy (non-hydrogen) atoms. The van der Waals surface area contributed by atoms with E-state index in [1.807, 2.05) is 5.38 Å². The van der Waals surface area contributed by atoms with E-state index in [4.69, 9.17) is 9.53 Å². The summed E-state index contributed by atoms with van der Waals surface area (Å²) in [5, 5.41) is 12.4. The van der Waals surface area contributed by atoms with Crippen molar-refractivity contribution in [1.29, 1.82) is 0 Å². The lowest BCUT2D eigenvalue weighted by Gasteiger charge is -2.38. The van der Waals surface area contributed by atoms with E-state index in [1.165, 1.54) is 12.8 Å². The second kappa shape index (κ2) is 7.09. The summed E-state index contributed by atoms with van der Waals surface area (Å²) in [6, 6.07) is 0.510. The Balaban J connectivity index is 1.91. The minimum absolute atomic E-state index is 0.0361. The molecule has 0 radical (unpaired) electrons. The summed E-state index contributed by atoms with van der Waals surface area (Å²) in [4.78, 5) is 6.96. The Bertz CT molecular complexity index is 485. The zero-order valence-corrected chi connectivity index (χ0v) is 16.4. The highest BCUT2D eigenvalue weighted by Gasteiger charge is 2.38. The van der Waals surface area contributed by atoms with Crippen molar-refractivity contribution in [3.63, 3.8) is 0 Å². The molecular weight excluding hydrogens is 312 g/mol. The van der Waals surface area contributed by atoms with E-state index >= 15 is 0 Å². The van der Waals surface area contributed by atoms with Crippen molar-refractivity contribution in [2.24, 2.45) is 0 Å². The first-order chi connectivity index (χ1) is 10.2. The van der Waals surface area contributed by atoms with Crippen LogP contribution < -0.4 is 0 Å². The van der Waals surface area contributed by atoms with Gasteiger partial charge in [0.15, 0.2) is 8.32 Å². The fourth-order valence-electron chi connectivity index (χ4n) is 2.48. The summed E-state index contributed by atoms with van der Waals surface area (Å²) in [5.41, 5.74) is 0.785. The van der Waals surface area contributed by atoms with Gasteiger partial charge >= 0.3 is 0 Å². The maximum atomic E-state index is 9.13. The van der Waals surface area contributed by atoms with E-state index in [0.29, 0.717) is 6.04 Å². The largest absolute Gasteiger partial charge is 0.415 e. The average Bonchev–Trinajstić information content (AvgIpc) is 3.05. The molecule has 4 nitrogen and oxygen atoms in total. The molecular formula is C16H30N2O2SSi. The van der Waals surface area contributed by atoms with Gasteiger partial charge in [-0.3, -0.25) is 4.90 Å². The van der Waals surface area contributed by atoms with Crippen LogP contribution in [-0.2, 0) is 17.6 Å². The normalized spacial score (nSPS) is 20.7. The number of hydrogen-bond acceptors (Lipinski definition) is 5. The number of likely N-dealkylation sites (tertiary alicyclic amines) is 1. The molecule has 126 valence electrons. The first-order valence-electron chi connectivity index (χ1n) is 8.15. The molecule has 0 aliphatic carbocycles. The molecule has 1 aromatic heterocycles. The predicted molar refractivity (Wildman–Crippen MR) is 94.6 cm³/mol. The zero-order valence-electron chi connectivity index (χ0n) is 14.6. The molecule has 6 heteroatoms. The quantitative estimate of drug-likeness (QED) is 0.802. The van der Waals surface area contributed by atoms with E-state index in [-0.39, 0.29) is 11.6 Å². The Morgan fingerprint density at radius 1 is 1.45 bits per heavy atom. The highest BCUT2D eigenvalue weighted by atomic mass is 32.1. The molecule has 1 fully saturated rings. The number of aliphatic hydroxyl groups excluding tert-OH is 1. The van der Waals surface area contributed by atoms with Crippen LogP contribution in [0, 0.1) is 0 Å². The molecule has 0 aromatic carbocycles. The SMILES string of the molecule is CC(C)(C)[Si](C)(C)OC[C@H]1CCCN1Cc1nc(CO)cs1. The van der Waals surface area contributed by atoms with Crippen LogP contribution in [0.5, 0.6) is 0 Å². The van der Waals surface area contributed by atoms with Crippen LogP contribution in [0.15, 0.2) is 5.38 Å². The monoisotopic (exact) mass is 342 g/mol. The highest BCUT2D eigenvalue weighted by molar-refractivity contribution is 7.09. The lowest BCUT2D eigenvalue weighted by Crippen LogP contribution is -2.44. The first-order valence-corrected chi connectivity index (χ1v) is 11.9. The number of aliphatic hydroxyl groups is 1. The third-order valence-corrected chi connectivity index (χ3v) is 10.4. The molecule has 1 saturated heterocycles. The molecule has 0 bridgehead atoms. The van der Waals surface area contributed by atoms with Gasteiger partial charge in [0.1, 0.15) is 5.01 Å². The molecule has 1 aliphatic rings. The number of nitrogens with zero attached hydrogens (tertiary/aromatic N) is 2. The molecule has 0 amide bonds. The van der Waals surface area contributed by atoms with E-state index in [9.17, 15) is 0 Å². The lowest BCUT2D eigenvalue weighted by molar-refractivity contribution is 0.157. The third-order valence-electron chi connectivity index (χ3n) is 5.04. The van der Waals surface area contributed by atoms with Gasteiger partial charge in [0, 0.05) is 18.0 Å². The lowest BCUT2D eigenvalue weighted by atomic mass is 10.2. The van der Waals surface area contributed by atoms with Crippen LogP contribution in [0.1, 0.15) is 44.3 Å².